The van der Waals surface area contributed by atoms with E-state index >= 15 is 0 Å². The zero-order valence-electron chi connectivity index (χ0n) is 12.1. The van der Waals surface area contributed by atoms with Gasteiger partial charge in [0.15, 0.2) is 11.5 Å². The third-order valence-electron chi connectivity index (χ3n) is 4.35. The Morgan fingerprint density at radius 3 is 2.53 bits per heavy atom. The van der Waals surface area contributed by atoms with Crippen molar-refractivity contribution in [2.45, 2.75) is 58.4 Å². The van der Waals surface area contributed by atoms with Gasteiger partial charge in [-0.3, -0.25) is 4.90 Å². The smallest absolute Gasteiger partial charge is 0.254 e. The van der Waals surface area contributed by atoms with Crippen molar-refractivity contribution < 1.29 is 9.47 Å². The maximum Gasteiger partial charge on any atom is 0.254 e. The molecule has 0 aliphatic carbocycles. The molecule has 0 aromatic heterocycles. The maximum atomic E-state index is 5.92. The van der Waals surface area contributed by atoms with Crippen LogP contribution in [0.25, 0.3) is 0 Å². The fourth-order valence-corrected chi connectivity index (χ4v) is 3.19. The SMILES string of the molecule is Cc1ccc2c(c1)OC(CN1[C@H](C)CCC[C@@H]1C)O2. The van der Waals surface area contributed by atoms with Crippen molar-refractivity contribution in [2.24, 2.45) is 0 Å². The summed E-state index contributed by atoms with van der Waals surface area (Å²) < 4.78 is 11.8. The Bertz CT molecular complexity index is 450. The van der Waals surface area contributed by atoms with Gasteiger partial charge in [0.05, 0.1) is 6.54 Å². The Morgan fingerprint density at radius 2 is 1.79 bits per heavy atom. The van der Waals surface area contributed by atoms with Gasteiger partial charge >= 0.3 is 0 Å². The molecule has 1 unspecified atom stereocenters. The van der Waals surface area contributed by atoms with Gasteiger partial charge in [-0.1, -0.05) is 12.5 Å². The van der Waals surface area contributed by atoms with Gasteiger partial charge in [0, 0.05) is 12.1 Å². The third-order valence-corrected chi connectivity index (χ3v) is 4.35. The number of rotatable bonds is 2. The van der Waals surface area contributed by atoms with Crippen LogP contribution >= 0.6 is 0 Å². The molecule has 1 aromatic rings. The zero-order chi connectivity index (χ0) is 13.4. The number of aryl methyl sites for hydroxylation is 1. The average Bonchev–Trinajstić information content (AvgIpc) is 2.75. The molecular weight excluding hydrogens is 238 g/mol. The molecule has 3 atom stereocenters. The molecule has 1 saturated heterocycles. The molecule has 0 N–H and O–H groups in total. The van der Waals surface area contributed by atoms with E-state index in [1.165, 1.54) is 24.8 Å². The monoisotopic (exact) mass is 261 g/mol. The minimum Gasteiger partial charge on any atom is -0.450 e. The quantitative estimate of drug-likeness (QED) is 0.815. The molecule has 0 amide bonds. The molecule has 1 fully saturated rings. The Morgan fingerprint density at radius 1 is 1.11 bits per heavy atom. The Labute approximate surface area is 115 Å². The maximum absolute atomic E-state index is 5.92. The minimum atomic E-state index is -0.153. The average molecular weight is 261 g/mol. The molecule has 0 saturated carbocycles. The van der Waals surface area contributed by atoms with Crippen LogP contribution < -0.4 is 9.47 Å². The van der Waals surface area contributed by atoms with Gasteiger partial charge in [-0.05, 0) is 51.3 Å². The van der Waals surface area contributed by atoms with Crippen LogP contribution in [0.1, 0.15) is 38.7 Å². The van der Waals surface area contributed by atoms with Gasteiger partial charge in [-0.15, -0.1) is 0 Å². The number of likely N-dealkylation sites (tertiary alicyclic amines) is 1. The van der Waals surface area contributed by atoms with E-state index in [4.69, 9.17) is 9.47 Å². The number of ether oxygens (including phenoxy) is 2. The first kappa shape index (κ1) is 12.8. The van der Waals surface area contributed by atoms with Crippen LogP contribution in [0, 0.1) is 6.92 Å². The van der Waals surface area contributed by atoms with Crippen molar-refractivity contribution in [3.8, 4) is 11.5 Å². The summed E-state index contributed by atoms with van der Waals surface area (Å²) in [6.45, 7) is 7.55. The third kappa shape index (κ3) is 2.57. The molecule has 3 nitrogen and oxygen atoms in total. The summed E-state index contributed by atoms with van der Waals surface area (Å²) >= 11 is 0. The molecule has 104 valence electrons. The van der Waals surface area contributed by atoms with E-state index in [1.54, 1.807) is 0 Å². The number of hydrogen-bond acceptors (Lipinski definition) is 3. The first-order valence-corrected chi connectivity index (χ1v) is 7.33. The summed E-state index contributed by atoms with van der Waals surface area (Å²) in [6.07, 6.45) is 3.75. The first-order valence-electron chi connectivity index (χ1n) is 7.33. The summed E-state index contributed by atoms with van der Waals surface area (Å²) in [4.78, 5) is 2.52. The molecule has 2 heterocycles. The normalized spacial score (nSPS) is 30.6. The topological polar surface area (TPSA) is 21.7 Å². The fraction of sp³-hybridized carbons (Fsp3) is 0.625. The van der Waals surface area contributed by atoms with Crippen molar-refractivity contribution >= 4 is 0 Å². The van der Waals surface area contributed by atoms with E-state index in [9.17, 15) is 0 Å². The lowest BCUT2D eigenvalue weighted by Crippen LogP contribution is -2.48. The molecule has 2 aliphatic heterocycles. The highest BCUT2D eigenvalue weighted by Crippen LogP contribution is 2.36. The summed E-state index contributed by atoms with van der Waals surface area (Å²) in [5.41, 5.74) is 1.21. The molecular formula is C16H23NO2. The van der Waals surface area contributed by atoms with Gasteiger partial charge in [0.2, 0.25) is 0 Å². The fourth-order valence-electron chi connectivity index (χ4n) is 3.19. The predicted molar refractivity (Wildman–Crippen MR) is 75.7 cm³/mol. The van der Waals surface area contributed by atoms with Gasteiger partial charge in [0.1, 0.15) is 0 Å². The van der Waals surface area contributed by atoms with E-state index in [0.717, 1.165) is 18.0 Å². The largest absolute Gasteiger partial charge is 0.450 e. The standard InChI is InChI=1S/C16H23NO2/c1-11-7-8-14-15(9-11)19-16(18-14)10-17-12(2)5-4-6-13(17)3/h7-9,12-13,16H,4-6,10H2,1-3H3/t12-,13+,16?. The van der Waals surface area contributed by atoms with E-state index in [-0.39, 0.29) is 6.29 Å². The summed E-state index contributed by atoms with van der Waals surface area (Å²) in [7, 11) is 0. The molecule has 1 aromatic carbocycles. The van der Waals surface area contributed by atoms with Crippen molar-refractivity contribution in [2.75, 3.05) is 6.54 Å². The van der Waals surface area contributed by atoms with Crippen molar-refractivity contribution in [1.82, 2.24) is 4.90 Å². The lowest BCUT2D eigenvalue weighted by Gasteiger charge is -2.39. The number of piperidine rings is 1. The molecule has 3 rings (SSSR count). The van der Waals surface area contributed by atoms with Crippen LogP contribution in [0.15, 0.2) is 18.2 Å². The Balaban J connectivity index is 1.66. The molecule has 19 heavy (non-hydrogen) atoms. The highest BCUT2D eigenvalue weighted by atomic mass is 16.7. The second-order valence-corrected chi connectivity index (χ2v) is 5.94. The van der Waals surface area contributed by atoms with E-state index in [1.807, 2.05) is 6.07 Å². The Hall–Kier alpha value is -1.22. The van der Waals surface area contributed by atoms with Crippen molar-refractivity contribution in [3.05, 3.63) is 23.8 Å². The van der Waals surface area contributed by atoms with Gasteiger partial charge in [-0.25, -0.2) is 0 Å². The van der Waals surface area contributed by atoms with Crippen LogP contribution in [0.5, 0.6) is 11.5 Å². The highest BCUT2D eigenvalue weighted by molar-refractivity contribution is 5.44. The van der Waals surface area contributed by atoms with Crippen molar-refractivity contribution in [3.63, 3.8) is 0 Å². The van der Waals surface area contributed by atoms with E-state index in [0.29, 0.717) is 12.1 Å². The second kappa shape index (κ2) is 5.04. The van der Waals surface area contributed by atoms with Crippen LogP contribution in [-0.4, -0.2) is 29.8 Å². The summed E-state index contributed by atoms with van der Waals surface area (Å²) in [5.74, 6) is 1.77. The van der Waals surface area contributed by atoms with Gasteiger partial charge in [0.25, 0.3) is 6.29 Å². The molecule has 3 heteroatoms. The second-order valence-electron chi connectivity index (χ2n) is 5.94. The predicted octanol–water partition coefficient (Wildman–Crippen LogP) is 3.36. The molecule has 2 aliphatic rings. The lowest BCUT2D eigenvalue weighted by atomic mass is 9.98. The number of fused-ring (bicyclic) bond motifs is 1. The van der Waals surface area contributed by atoms with Crippen LogP contribution in [0.4, 0.5) is 0 Å². The zero-order valence-corrected chi connectivity index (χ0v) is 12.1. The van der Waals surface area contributed by atoms with Gasteiger partial charge < -0.3 is 9.47 Å². The summed E-state index contributed by atoms with van der Waals surface area (Å²) in [5, 5.41) is 0. The Kier molecular flexibility index (Phi) is 3.40. The molecule has 0 radical (unpaired) electrons. The number of benzene rings is 1. The number of nitrogens with zero attached hydrogens (tertiary/aromatic N) is 1. The first-order chi connectivity index (χ1) is 9.13. The molecule has 0 bridgehead atoms. The lowest BCUT2D eigenvalue weighted by molar-refractivity contribution is -0.0192. The van der Waals surface area contributed by atoms with Crippen LogP contribution in [0.3, 0.4) is 0 Å². The number of hydrogen-bond donors (Lipinski definition) is 0. The highest BCUT2D eigenvalue weighted by Gasteiger charge is 2.31. The van der Waals surface area contributed by atoms with E-state index in [2.05, 4.69) is 37.8 Å². The van der Waals surface area contributed by atoms with Crippen LogP contribution in [0.2, 0.25) is 0 Å². The molecule has 0 spiro atoms. The summed E-state index contributed by atoms with van der Waals surface area (Å²) in [6, 6.07) is 7.38. The van der Waals surface area contributed by atoms with Crippen molar-refractivity contribution in [1.29, 1.82) is 0 Å². The van der Waals surface area contributed by atoms with E-state index < -0.39 is 0 Å². The minimum absolute atomic E-state index is 0.153. The van der Waals surface area contributed by atoms with Crippen LogP contribution in [-0.2, 0) is 0 Å². The van der Waals surface area contributed by atoms with Gasteiger partial charge in [-0.2, -0.15) is 0 Å².